The van der Waals surface area contributed by atoms with Gasteiger partial charge in [-0.2, -0.15) is 0 Å². The average Bonchev–Trinajstić information content (AvgIpc) is 3.25. The third-order valence-electron chi connectivity index (χ3n) is 5.28. The molecule has 1 N–H and O–H groups in total. The van der Waals surface area contributed by atoms with Gasteiger partial charge in [0.05, 0.1) is 0 Å². The number of aryl methyl sites for hydroxylation is 1. The molecule has 1 aromatic carbocycles. The summed E-state index contributed by atoms with van der Waals surface area (Å²) >= 11 is 0. The molecule has 7 nitrogen and oxygen atoms in total. The zero-order chi connectivity index (χ0) is 21.0. The molecule has 0 saturated carbocycles. The van der Waals surface area contributed by atoms with E-state index in [1.807, 2.05) is 6.33 Å². The van der Waals surface area contributed by atoms with Gasteiger partial charge in [0.15, 0.2) is 5.96 Å². The Morgan fingerprint density at radius 1 is 1.13 bits per heavy atom. The summed E-state index contributed by atoms with van der Waals surface area (Å²) in [5.41, 5.74) is 1.26. The first-order chi connectivity index (χ1) is 14.8. The number of aliphatic imine (C=N–C) groups is 1. The highest BCUT2D eigenvalue weighted by Crippen LogP contribution is 2.05. The largest absolute Gasteiger partial charge is 0.354 e. The minimum Gasteiger partial charge on any atom is -0.354 e. The van der Waals surface area contributed by atoms with Gasteiger partial charge in [-0.05, 0) is 12.0 Å². The van der Waals surface area contributed by atoms with Crippen LogP contribution in [0.25, 0.3) is 6.08 Å². The van der Waals surface area contributed by atoms with Crippen LogP contribution in [0.3, 0.4) is 0 Å². The Hall–Kier alpha value is -1.94. The lowest BCUT2D eigenvalue weighted by atomic mass is 10.2. The maximum Gasteiger partial charge on any atom is 0.194 e. The maximum absolute atomic E-state index is 4.81. The summed E-state index contributed by atoms with van der Waals surface area (Å²) in [6, 6.07) is 10.5. The van der Waals surface area contributed by atoms with Crippen molar-refractivity contribution in [2.45, 2.75) is 33.2 Å². The van der Waals surface area contributed by atoms with Crippen LogP contribution in [0.15, 0.2) is 47.7 Å². The first-order valence-electron chi connectivity index (χ1n) is 11.1. The highest BCUT2D eigenvalue weighted by molar-refractivity contribution is 14.0. The molecule has 0 radical (unpaired) electrons. The number of nitrogens with one attached hydrogen (secondary N) is 1. The van der Waals surface area contributed by atoms with Crippen LogP contribution >= 0.6 is 24.0 Å². The zero-order valence-electron chi connectivity index (χ0n) is 18.8. The molecule has 2 heterocycles. The Morgan fingerprint density at radius 3 is 2.61 bits per heavy atom. The minimum absolute atomic E-state index is 0. The number of rotatable bonds is 9. The van der Waals surface area contributed by atoms with E-state index in [1.54, 1.807) is 0 Å². The zero-order valence-corrected chi connectivity index (χ0v) is 21.1. The van der Waals surface area contributed by atoms with Gasteiger partial charge in [-0.25, -0.2) is 0 Å². The number of nitrogens with zero attached hydrogens (tertiary/aromatic N) is 6. The van der Waals surface area contributed by atoms with E-state index < -0.39 is 0 Å². The fourth-order valence-electron chi connectivity index (χ4n) is 3.56. The van der Waals surface area contributed by atoms with Crippen LogP contribution in [0.5, 0.6) is 0 Å². The van der Waals surface area contributed by atoms with Crippen LogP contribution < -0.4 is 5.32 Å². The van der Waals surface area contributed by atoms with Gasteiger partial charge >= 0.3 is 0 Å². The van der Waals surface area contributed by atoms with Gasteiger partial charge in [0, 0.05) is 58.8 Å². The van der Waals surface area contributed by atoms with Crippen LogP contribution in [0.2, 0.25) is 0 Å². The molecule has 2 aromatic rings. The van der Waals surface area contributed by atoms with Crippen molar-refractivity contribution in [2.75, 3.05) is 45.8 Å². The lowest BCUT2D eigenvalue weighted by Gasteiger charge is -2.36. The second-order valence-electron chi connectivity index (χ2n) is 7.53. The molecule has 1 aliphatic rings. The monoisotopic (exact) mass is 537 g/mol. The van der Waals surface area contributed by atoms with Crippen LogP contribution in [-0.4, -0.2) is 76.3 Å². The number of hydrogen-bond acceptors (Lipinski definition) is 4. The van der Waals surface area contributed by atoms with Crippen molar-refractivity contribution in [1.82, 2.24) is 29.9 Å². The Bertz CT molecular complexity index is 795. The fourth-order valence-corrected chi connectivity index (χ4v) is 3.56. The van der Waals surface area contributed by atoms with E-state index >= 15 is 0 Å². The number of hydrogen-bond donors (Lipinski definition) is 1. The number of halogens is 1. The molecule has 8 heteroatoms. The molecule has 170 valence electrons. The fraction of sp³-hybridized carbons (Fsp3) is 0.522. The van der Waals surface area contributed by atoms with Gasteiger partial charge in [-0.15, -0.1) is 34.2 Å². The summed E-state index contributed by atoms with van der Waals surface area (Å²) in [6.07, 6.45) is 8.24. The van der Waals surface area contributed by atoms with Gasteiger partial charge in [0.2, 0.25) is 0 Å². The van der Waals surface area contributed by atoms with E-state index in [-0.39, 0.29) is 24.0 Å². The van der Waals surface area contributed by atoms with E-state index in [9.17, 15) is 0 Å². The van der Waals surface area contributed by atoms with Crippen molar-refractivity contribution < 1.29 is 0 Å². The van der Waals surface area contributed by atoms with E-state index in [0.717, 1.165) is 77.0 Å². The molecule has 0 spiro atoms. The maximum atomic E-state index is 4.81. The van der Waals surface area contributed by atoms with E-state index in [1.165, 1.54) is 5.56 Å². The molecule has 1 aromatic heterocycles. The predicted octanol–water partition coefficient (Wildman–Crippen LogP) is 3.15. The van der Waals surface area contributed by atoms with E-state index in [2.05, 4.69) is 86.2 Å². The van der Waals surface area contributed by atoms with Crippen molar-refractivity contribution in [3.63, 3.8) is 0 Å². The normalized spacial score (nSPS) is 15.3. The molecule has 31 heavy (non-hydrogen) atoms. The van der Waals surface area contributed by atoms with Crippen molar-refractivity contribution in [3.8, 4) is 0 Å². The lowest BCUT2D eigenvalue weighted by Crippen LogP contribution is -2.52. The summed E-state index contributed by atoms with van der Waals surface area (Å²) < 4.78 is 2.11. The molecule has 0 amide bonds. The Labute approximate surface area is 203 Å². The van der Waals surface area contributed by atoms with Crippen molar-refractivity contribution in [1.29, 1.82) is 0 Å². The molecular formula is C23H36IN7. The van der Waals surface area contributed by atoms with Crippen LogP contribution in [0.1, 0.15) is 31.7 Å². The molecule has 1 aliphatic heterocycles. The Kier molecular flexibility index (Phi) is 11.6. The molecule has 0 bridgehead atoms. The predicted molar refractivity (Wildman–Crippen MR) is 139 cm³/mol. The minimum atomic E-state index is 0. The third-order valence-corrected chi connectivity index (χ3v) is 5.28. The van der Waals surface area contributed by atoms with Crippen molar-refractivity contribution in [3.05, 3.63) is 54.1 Å². The molecule has 0 aliphatic carbocycles. The van der Waals surface area contributed by atoms with Gasteiger partial charge in [0.1, 0.15) is 12.2 Å². The van der Waals surface area contributed by atoms with E-state index in [0.29, 0.717) is 0 Å². The highest BCUT2D eigenvalue weighted by Gasteiger charge is 2.19. The molecular weight excluding hydrogens is 501 g/mol. The quantitative estimate of drug-likeness (QED) is 0.303. The van der Waals surface area contributed by atoms with E-state index in [4.69, 9.17) is 4.99 Å². The summed E-state index contributed by atoms with van der Waals surface area (Å²) in [7, 11) is 0. The first kappa shape index (κ1) is 25.3. The molecule has 1 fully saturated rings. The molecule has 3 rings (SSSR count). The van der Waals surface area contributed by atoms with Gasteiger partial charge in [-0.1, -0.05) is 56.3 Å². The lowest BCUT2D eigenvalue weighted by molar-refractivity contribution is 0.194. The molecule has 0 unspecified atom stereocenters. The van der Waals surface area contributed by atoms with Crippen molar-refractivity contribution in [2.24, 2.45) is 4.99 Å². The van der Waals surface area contributed by atoms with Crippen LogP contribution in [0.4, 0.5) is 0 Å². The smallest absolute Gasteiger partial charge is 0.194 e. The number of piperazine rings is 1. The summed E-state index contributed by atoms with van der Waals surface area (Å²) in [6.45, 7) is 11.9. The standard InChI is InChI=1S/C23H35N7.HI/c1-3-12-24-23(25-13-15-30-20-26-27-22(30)4-2)29-18-16-28(17-19-29)14-8-11-21-9-6-5-7-10-21;/h5-11,20H,3-4,12-19H2,1-2H3,(H,24,25);1H/b11-8+;. The second-order valence-corrected chi connectivity index (χ2v) is 7.53. The highest BCUT2D eigenvalue weighted by atomic mass is 127. The molecule has 0 atom stereocenters. The third kappa shape index (κ3) is 8.25. The number of aromatic nitrogens is 3. The second kappa shape index (κ2) is 14.2. The summed E-state index contributed by atoms with van der Waals surface area (Å²) in [5.74, 6) is 2.06. The van der Waals surface area contributed by atoms with Crippen molar-refractivity contribution >= 4 is 36.0 Å². The first-order valence-corrected chi connectivity index (χ1v) is 11.1. The van der Waals surface area contributed by atoms with Gasteiger partial charge in [0.25, 0.3) is 0 Å². The Morgan fingerprint density at radius 2 is 1.90 bits per heavy atom. The van der Waals surface area contributed by atoms with Crippen LogP contribution in [-0.2, 0) is 13.0 Å². The summed E-state index contributed by atoms with van der Waals surface area (Å²) in [4.78, 5) is 9.70. The summed E-state index contributed by atoms with van der Waals surface area (Å²) in [5, 5.41) is 11.7. The number of guanidine groups is 1. The molecule has 1 saturated heterocycles. The van der Waals surface area contributed by atoms with Crippen LogP contribution in [0, 0.1) is 0 Å². The average molecular weight is 537 g/mol. The Balaban J connectivity index is 0.00000341. The topological polar surface area (TPSA) is 61.6 Å². The van der Waals surface area contributed by atoms with Gasteiger partial charge < -0.3 is 14.8 Å². The number of benzene rings is 1. The van der Waals surface area contributed by atoms with Gasteiger partial charge in [-0.3, -0.25) is 9.89 Å². The SMILES string of the molecule is CCCN=C(NCCn1cnnc1CC)N1CCN(C/C=C/c2ccccc2)CC1.I.